The molecule has 1 fully saturated rings. The van der Waals surface area contributed by atoms with Gasteiger partial charge in [0.15, 0.2) is 5.65 Å². The van der Waals surface area contributed by atoms with Gasteiger partial charge in [-0.05, 0) is 38.8 Å². The van der Waals surface area contributed by atoms with E-state index in [1.165, 1.54) is 6.33 Å². The highest BCUT2D eigenvalue weighted by molar-refractivity contribution is 6.31. The maximum atomic E-state index is 15.0. The lowest BCUT2D eigenvalue weighted by molar-refractivity contribution is 0.106. The van der Waals surface area contributed by atoms with Crippen molar-refractivity contribution in [3.05, 3.63) is 40.1 Å². The molecule has 0 radical (unpaired) electrons. The molecule has 0 bridgehead atoms. The van der Waals surface area contributed by atoms with E-state index in [1.807, 2.05) is 6.92 Å². The number of methoxy groups -OCH3 is 1. The van der Waals surface area contributed by atoms with Gasteiger partial charge in [-0.15, -0.1) is 0 Å². The van der Waals surface area contributed by atoms with Gasteiger partial charge in [0, 0.05) is 37.2 Å². The van der Waals surface area contributed by atoms with Crippen LogP contribution in [0.5, 0.6) is 5.75 Å². The van der Waals surface area contributed by atoms with Gasteiger partial charge in [0.1, 0.15) is 23.7 Å². The number of halogens is 2. The van der Waals surface area contributed by atoms with E-state index in [0.717, 1.165) is 29.7 Å². The fraction of sp³-hybridized carbons (Fsp3) is 0.476. The van der Waals surface area contributed by atoms with Crippen LogP contribution in [0.1, 0.15) is 36.6 Å². The van der Waals surface area contributed by atoms with E-state index in [-0.39, 0.29) is 16.8 Å². The van der Waals surface area contributed by atoms with E-state index in [0.29, 0.717) is 41.8 Å². The number of rotatable bonds is 6. The standard InChI is InChI=1S/C21H26ClFN6O/c1-11(2)28-8-14(9-28)17-18(23)15(22)7-13(19(17)30-4)5-6-29-21-16(12(3)27-29)20(24)25-10-26-21/h7,10-11,14H,5-6,8-9H2,1-4H3,(H2,24,25,26). The second-order valence-electron chi connectivity index (χ2n) is 8.04. The van der Waals surface area contributed by atoms with E-state index in [9.17, 15) is 4.39 Å². The quantitative estimate of drug-likeness (QED) is 0.641. The molecule has 160 valence electrons. The number of nitrogen functional groups attached to an aromatic ring is 1. The third kappa shape index (κ3) is 3.48. The summed E-state index contributed by atoms with van der Waals surface area (Å²) in [6, 6.07) is 2.08. The van der Waals surface area contributed by atoms with Crippen molar-refractivity contribution in [1.29, 1.82) is 0 Å². The Hall–Kier alpha value is -2.45. The lowest BCUT2D eigenvalue weighted by Gasteiger charge is -2.43. The second kappa shape index (κ2) is 8.00. The third-order valence-corrected chi connectivity index (χ3v) is 6.14. The predicted molar refractivity (Wildman–Crippen MR) is 116 cm³/mol. The van der Waals surface area contributed by atoms with Crippen molar-refractivity contribution in [2.24, 2.45) is 0 Å². The number of likely N-dealkylation sites (tertiary alicyclic amines) is 1. The number of nitrogens with zero attached hydrogens (tertiary/aromatic N) is 5. The van der Waals surface area contributed by atoms with Gasteiger partial charge >= 0.3 is 0 Å². The maximum absolute atomic E-state index is 15.0. The molecule has 0 amide bonds. The summed E-state index contributed by atoms with van der Waals surface area (Å²) in [5.41, 5.74) is 8.86. The normalized spacial score (nSPS) is 15.2. The van der Waals surface area contributed by atoms with E-state index >= 15 is 0 Å². The minimum absolute atomic E-state index is 0.0696. The van der Waals surface area contributed by atoms with Gasteiger partial charge in [0.2, 0.25) is 0 Å². The van der Waals surface area contributed by atoms with Crippen molar-refractivity contribution in [2.45, 2.75) is 45.7 Å². The second-order valence-corrected chi connectivity index (χ2v) is 8.45. The van der Waals surface area contributed by atoms with E-state index in [2.05, 4.69) is 33.8 Å². The Morgan fingerprint density at radius 3 is 2.73 bits per heavy atom. The van der Waals surface area contributed by atoms with Gasteiger partial charge in [0.05, 0.1) is 23.2 Å². The van der Waals surface area contributed by atoms with Gasteiger partial charge in [-0.25, -0.2) is 19.0 Å². The van der Waals surface area contributed by atoms with E-state index < -0.39 is 0 Å². The van der Waals surface area contributed by atoms with Crippen LogP contribution in [0.4, 0.5) is 10.2 Å². The van der Waals surface area contributed by atoms with Crippen molar-refractivity contribution in [3.8, 4) is 5.75 Å². The summed E-state index contributed by atoms with van der Waals surface area (Å²) in [4.78, 5) is 10.7. The van der Waals surface area contributed by atoms with Crippen molar-refractivity contribution >= 4 is 28.5 Å². The summed E-state index contributed by atoms with van der Waals surface area (Å²) in [6.45, 7) is 8.28. The van der Waals surface area contributed by atoms with Crippen LogP contribution < -0.4 is 10.5 Å². The SMILES string of the molecule is COc1c(CCn2nc(C)c3c(N)ncnc32)cc(Cl)c(F)c1C1CN(C(C)C)C1. The average Bonchev–Trinajstić information content (AvgIpc) is 2.99. The van der Waals surface area contributed by atoms with Crippen LogP contribution in [-0.2, 0) is 13.0 Å². The number of nitrogens with two attached hydrogens (primary N) is 1. The van der Waals surface area contributed by atoms with Crippen molar-refractivity contribution in [2.75, 3.05) is 25.9 Å². The molecular formula is C21H26ClFN6O. The zero-order chi connectivity index (χ0) is 21.6. The minimum atomic E-state index is -0.383. The largest absolute Gasteiger partial charge is 0.496 e. The molecule has 2 N–H and O–H groups in total. The summed E-state index contributed by atoms with van der Waals surface area (Å²) < 4.78 is 22.4. The Morgan fingerprint density at radius 2 is 2.07 bits per heavy atom. The molecule has 0 saturated carbocycles. The topological polar surface area (TPSA) is 82.1 Å². The molecule has 1 saturated heterocycles. The molecule has 0 spiro atoms. The van der Waals surface area contributed by atoms with Gasteiger partial charge in [0.25, 0.3) is 0 Å². The Morgan fingerprint density at radius 1 is 1.33 bits per heavy atom. The number of aryl methyl sites for hydroxylation is 3. The first-order valence-electron chi connectivity index (χ1n) is 10.0. The highest BCUT2D eigenvalue weighted by atomic mass is 35.5. The molecule has 30 heavy (non-hydrogen) atoms. The van der Waals surface area contributed by atoms with Gasteiger partial charge < -0.3 is 10.5 Å². The number of benzene rings is 1. The Balaban J connectivity index is 1.65. The summed E-state index contributed by atoms with van der Waals surface area (Å²) in [6.07, 6.45) is 2.00. The fourth-order valence-corrected chi connectivity index (χ4v) is 4.42. The molecular weight excluding hydrogens is 407 g/mol. The van der Waals surface area contributed by atoms with Crippen molar-refractivity contribution in [3.63, 3.8) is 0 Å². The van der Waals surface area contributed by atoms with Gasteiger partial charge in [-0.3, -0.25) is 4.90 Å². The minimum Gasteiger partial charge on any atom is -0.496 e. The van der Waals surface area contributed by atoms with Crippen LogP contribution in [0.25, 0.3) is 11.0 Å². The number of hydrogen-bond acceptors (Lipinski definition) is 6. The maximum Gasteiger partial charge on any atom is 0.163 e. The van der Waals surface area contributed by atoms with Crippen LogP contribution in [0, 0.1) is 12.7 Å². The monoisotopic (exact) mass is 432 g/mol. The third-order valence-electron chi connectivity index (χ3n) is 5.86. The van der Waals surface area contributed by atoms with Crippen LogP contribution in [-0.4, -0.2) is 50.9 Å². The smallest absolute Gasteiger partial charge is 0.163 e. The van der Waals surface area contributed by atoms with Crippen LogP contribution in [0.15, 0.2) is 12.4 Å². The molecule has 1 aliphatic rings. The zero-order valence-electron chi connectivity index (χ0n) is 17.6. The first-order valence-corrected chi connectivity index (χ1v) is 10.4. The van der Waals surface area contributed by atoms with Crippen molar-refractivity contribution in [1.82, 2.24) is 24.6 Å². The highest BCUT2D eigenvalue weighted by Crippen LogP contribution is 2.41. The van der Waals surface area contributed by atoms with E-state index in [1.54, 1.807) is 17.9 Å². The molecule has 0 aliphatic carbocycles. The number of anilines is 1. The molecule has 3 aromatic rings. The lowest BCUT2D eigenvalue weighted by atomic mass is 9.87. The molecule has 0 unspecified atom stereocenters. The number of aromatic nitrogens is 4. The molecule has 1 aromatic carbocycles. The first kappa shape index (κ1) is 20.8. The molecule has 1 aliphatic heterocycles. The molecule has 0 atom stereocenters. The molecule has 9 heteroatoms. The summed E-state index contributed by atoms with van der Waals surface area (Å²) >= 11 is 6.27. The molecule has 4 rings (SSSR count). The lowest BCUT2D eigenvalue weighted by Crippen LogP contribution is -2.49. The Kier molecular flexibility index (Phi) is 5.55. The molecule has 3 heterocycles. The fourth-order valence-electron chi connectivity index (χ4n) is 4.18. The van der Waals surface area contributed by atoms with Crippen LogP contribution >= 0.6 is 11.6 Å². The van der Waals surface area contributed by atoms with Crippen LogP contribution in [0.2, 0.25) is 5.02 Å². The summed E-state index contributed by atoms with van der Waals surface area (Å²) in [7, 11) is 1.58. The number of fused-ring (bicyclic) bond motifs is 1. The highest BCUT2D eigenvalue weighted by Gasteiger charge is 2.35. The van der Waals surface area contributed by atoms with E-state index in [4.69, 9.17) is 22.1 Å². The summed E-state index contributed by atoms with van der Waals surface area (Å²) in [5, 5.41) is 5.43. The summed E-state index contributed by atoms with van der Waals surface area (Å²) in [5.74, 6) is 0.674. The van der Waals surface area contributed by atoms with Crippen LogP contribution in [0.3, 0.4) is 0 Å². The number of ether oxygens (including phenoxy) is 1. The zero-order valence-corrected chi connectivity index (χ0v) is 18.4. The predicted octanol–water partition coefficient (Wildman–Crippen LogP) is 3.57. The van der Waals surface area contributed by atoms with Crippen molar-refractivity contribution < 1.29 is 9.13 Å². The Labute approximate surface area is 180 Å². The average molecular weight is 433 g/mol. The van der Waals surface area contributed by atoms with Gasteiger partial charge in [-0.1, -0.05) is 11.6 Å². The molecule has 2 aromatic heterocycles. The number of hydrogen-bond donors (Lipinski definition) is 1. The first-order chi connectivity index (χ1) is 14.3. The molecule has 7 nitrogen and oxygen atoms in total. The van der Waals surface area contributed by atoms with Gasteiger partial charge in [-0.2, -0.15) is 5.10 Å². The Bertz CT molecular complexity index is 1090.